The van der Waals surface area contributed by atoms with Gasteiger partial charge in [0.2, 0.25) is 0 Å². The van der Waals surface area contributed by atoms with E-state index < -0.39 is 0 Å². The van der Waals surface area contributed by atoms with E-state index >= 15 is 0 Å². The molecule has 6 heteroatoms. The lowest BCUT2D eigenvalue weighted by Crippen LogP contribution is -2.23. The number of aromatic nitrogens is 1. The second-order valence-electron chi connectivity index (χ2n) is 4.27. The van der Waals surface area contributed by atoms with Crippen LogP contribution in [-0.2, 0) is 6.54 Å². The van der Waals surface area contributed by atoms with Gasteiger partial charge in [-0.3, -0.25) is 4.79 Å². The summed E-state index contributed by atoms with van der Waals surface area (Å²) < 4.78 is 13.4. The SMILES string of the molecule is Cc1ccc(CNC(=O)c2cc(Cl)nc(Cl)c2)cc1F. The Hall–Kier alpha value is -1.65. The van der Waals surface area contributed by atoms with Crippen LogP contribution in [0.2, 0.25) is 10.3 Å². The van der Waals surface area contributed by atoms with Crippen LogP contribution < -0.4 is 5.32 Å². The van der Waals surface area contributed by atoms with Crippen LogP contribution in [-0.4, -0.2) is 10.9 Å². The zero-order chi connectivity index (χ0) is 14.7. The Morgan fingerprint density at radius 2 is 1.90 bits per heavy atom. The number of nitrogens with zero attached hydrogens (tertiary/aromatic N) is 1. The van der Waals surface area contributed by atoms with Crippen molar-refractivity contribution in [2.75, 3.05) is 0 Å². The van der Waals surface area contributed by atoms with Crippen molar-refractivity contribution >= 4 is 29.1 Å². The highest BCUT2D eigenvalue weighted by molar-refractivity contribution is 6.33. The molecule has 3 nitrogen and oxygen atoms in total. The Kier molecular flexibility index (Phi) is 4.57. The van der Waals surface area contributed by atoms with Gasteiger partial charge in [0.25, 0.3) is 5.91 Å². The number of hydrogen-bond donors (Lipinski definition) is 1. The van der Waals surface area contributed by atoms with Gasteiger partial charge < -0.3 is 5.32 Å². The lowest BCUT2D eigenvalue weighted by atomic mass is 10.1. The summed E-state index contributed by atoms with van der Waals surface area (Å²) in [4.78, 5) is 15.7. The summed E-state index contributed by atoms with van der Waals surface area (Å²) in [5.41, 5.74) is 1.54. The average molecular weight is 313 g/mol. The summed E-state index contributed by atoms with van der Waals surface area (Å²) in [7, 11) is 0. The van der Waals surface area contributed by atoms with Crippen LogP contribution in [0.4, 0.5) is 4.39 Å². The van der Waals surface area contributed by atoms with Gasteiger partial charge >= 0.3 is 0 Å². The van der Waals surface area contributed by atoms with E-state index in [1.165, 1.54) is 18.2 Å². The fourth-order valence-electron chi connectivity index (χ4n) is 1.63. The van der Waals surface area contributed by atoms with Crippen molar-refractivity contribution in [3.63, 3.8) is 0 Å². The number of pyridine rings is 1. The zero-order valence-electron chi connectivity index (χ0n) is 10.6. The lowest BCUT2D eigenvalue weighted by Gasteiger charge is -2.07. The van der Waals surface area contributed by atoms with Crippen molar-refractivity contribution in [3.05, 3.63) is 63.1 Å². The maximum absolute atomic E-state index is 13.4. The predicted molar refractivity (Wildman–Crippen MR) is 76.6 cm³/mol. The topological polar surface area (TPSA) is 42.0 Å². The minimum atomic E-state index is -0.350. The van der Waals surface area contributed by atoms with Crippen molar-refractivity contribution in [2.24, 2.45) is 0 Å². The quantitative estimate of drug-likeness (QED) is 0.877. The van der Waals surface area contributed by atoms with Crippen LogP contribution in [0.25, 0.3) is 0 Å². The van der Waals surface area contributed by atoms with Crippen LogP contribution >= 0.6 is 23.2 Å². The molecule has 20 heavy (non-hydrogen) atoms. The van der Waals surface area contributed by atoms with E-state index in [1.807, 2.05) is 0 Å². The van der Waals surface area contributed by atoms with E-state index in [2.05, 4.69) is 10.3 Å². The molecule has 1 N–H and O–H groups in total. The van der Waals surface area contributed by atoms with Crippen molar-refractivity contribution in [1.29, 1.82) is 0 Å². The fraction of sp³-hybridized carbons (Fsp3) is 0.143. The van der Waals surface area contributed by atoms with Gasteiger partial charge in [0, 0.05) is 12.1 Å². The molecule has 1 aromatic carbocycles. The maximum Gasteiger partial charge on any atom is 0.251 e. The number of amides is 1. The summed E-state index contributed by atoms with van der Waals surface area (Å²) >= 11 is 11.4. The Balaban J connectivity index is 2.06. The first-order chi connectivity index (χ1) is 9.45. The van der Waals surface area contributed by atoms with E-state index in [9.17, 15) is 9.18 Å². The molecule has 0 saturated carbocycles. The van der Waals surface area contributed by atoms with Gasteiger partial charge in [-0.25, -0.2) is 9.37 Å². The summed E-state index contributed by atoms with van der Waals surface area (Å²) in [5, 5.41) is 2.95. The second-order valence-corrected chi connectivity index (χ2v) is 5.04. The van der Waals surface area contributed by atoms with Crippen LogP contribution in [0.1, 0.15) is 21.5 Å². The van der Waals surface area contributed by atoms with E-state index in [4.69, 9.17) is 23.2 Å². The van der Waals surface area contributed by atoms with Crippen molar-refractivity contribution in [3.8, 4) is 0 Å². The standard InChI is InChI=1S/C14H11Cl2FN2O/c1-8-2-3-9(4-11(8)17)7-18-14(20)10-5-12(15)19-13(16)6-10/h2-6H,7H2,1H3,(H,18,20). The summed E-state index contributed by atoms with van der Waals surface area (Å²) in [6.07, 6.45) is 0. The van der Waals surface area contributed by atoms with Gasteiger partial charge in [0.1, 0.15) is 16.1 Å². The Morgan fingerprint density at radius 3 is 2.50 bits per heavy atom. The molecule has 0 aliphatic carbocycles. The Bertz CT molecular complexity index is 641. The van der Waals surface area contributed by atoms with Gasteiger partial charge in [0.05, 0.1) is 0 Å². The molecule has 2 rings (SSSR count). The van der Waals surface area contributed by atoms with E-state index in [0.717, 1.165) is 0 Å². The molecule has 0 radical (unpaired) electrons. The Labute approximate surface area is 125 Å². The van der Waals surface area contributed by atoms with Crippen molar-refractivity contribution in [2.45, 2.75) is 13.5 Å². The number of hydrogen-bond acceptors (Lipinski definition) is 2. The molecule has 0 bridgehead atoms. The van der Waals surface area contributed by atoms with Crippen LogP contribution in [0.15, 0.2) is 30.3 Å². The van der Waals surface area contributed by atoms with Gasteiger partial charge in [-0.1, -0.05) is 35.3 Å². The molecule has 0 aliphatic rings. The van der Waals surface area contributed by atoms with Crippen molar-refractivity contribution < 1.29 is 9.18 Å². The van der Waals surface area contributed by atoms with E-state index in [-0.39, 0.29) is 28.6 Å². The number of nitrogens with one attached hydrogen (secondary N) is 1. The molecule has 0 fully saturated rings. The summed E-state index contributed by atoms with van der Waals surface area (Å²) in [6.45, 7) is 1.90. The third-order valence-electron chi connectivity index (χ3n) is 2.71. The second kappa shape index (κ2) is 6.20. The summed E-state index contributed by atoms with van der Waals surface area (Å²) in [5.74, 6) is -0.649. The molecule has 1 aromatic heterocycles. The number of aryl methyl sites for hydroxylation is 1. The van der Waals surface area contributed by atoms with Gasteiger partial charge in [0.15, 0.2) is 0 Å². The largest absolute Gasteiger partial charge is 0.348 e. The normalized spacial score (nSPS) is 10.4. The number of rotatable bonds is 3. The molecule has 0 unspecified atom stereocenters. The molecule has 0 spiro atoms. The first kappa shape index (κ1) is 14.8. The molecule has 1 amide bonds. The third-order valence-corrected chi connectivity index (χ3v) is 3.10. The molecule has 0 saturated heterocycles. The number of carbonyl (C=O) groups is 1. The van der Waals surface area contributed by atoms with Crippen LogP contribution in [0, 0.1) is 12.7 Å². The first-order valence-corrected chi connectivity index (χ1v) is 6.57. The van der Waals surface area contributed by atoms with E-state index in [0.29, 0.717) is 16.7 Å². The lowest BCUT2D eigenvalue weighted by molar-refractivity contribution is 0.0950. The average Bonchev–Trinajstić information content (AvgIpc) is 2.38. The molecular formula is C14H11Cl2FN2O. The number of halogens is 3. The Morgan fingerprint density at radius 1 is 1.25 bits per heavy atom. The highest BCUT2D eigenvalue weighted by Crippen LogP contribution is 2.15. The van der Waals surface area contributed by atoms with Crippen molar-refractivity contribution in [1.82, 2.24) is 10.3 Å². The summed E-state index contributed by atoms with van der Waals surface area (Å²) in [6, 6.07) is 7.64. The minimum Gasteiger partial charge on any atom is -0.348 e. The van der Waals surface area contributed by atoms with Gasteiger partial charge in [-0.2, -0.15) is 0 Å². The predicted octanol–water partition coefficient (Wildman–Crippen LogP) is 3.77. The van der Waals surface area contributed by atoms with Gasteiger partial charge in [-0.15, -0.1) is 0 Å². The highest BCUT2D eigenvalue weighted by Gasteiger charge is 2.09. The zero-order valence-corrected chi connectivity index (χ0v) is 12.1. The molecule has 0 atom stereocenters. The van der Waals surface area contributed by atoms with Crippen LogP contribution in [0.5, 0.6) is 0 Å². The first-order valence-electron chi connectivity index (χ1n) is 5.82. The number of benzene rings is 1. The number of carbonyl (C=O) groups excluding carboxylic acids is 1. The highest BCUT2D eigenvalue weighted by atomic mass is 35.5. The monoisotopic (exact) mass is 312 g/mol. The molecule has 0 aliphatic heterocycles. The molecule has 104 valence electrons. The molecular weight excluding hydrogens is 302 g/mol. The fourth-order valence-corrected chi connectivity index (χ4v) is 2.09. The molecule has 2 aromatic rings. The van der Waals surface area contributed by atoms with Crippen LogP contribution in [0.3, 0.4) is 0 Å². The third kappa shape index (κ3) is 3.68. The minimum absolute atomic E-state index is 0.143. The maximum atomic E-state index is 13.4. The smallest absolute Gasteiger partial charge is 0.251 e. The van der Waals surface area contributed by atoms with Gasteiger partial charge in [-0.05, 0) is 36.2 Å². The molecule has 1 heterocycles. The van der Waals surface area contributed by atoms with E-state index in [1.54, 1.807) is 19.1 Å².